The van der Waals surface area contributed by atoms with Crippen molar-refractivity contribution in [2.45, 2.75) is 58.7 Å². The lowest BCUT2D eigenvalue weighted by Gasteiger charge is -2.30. The van der Waals surface area contributed by atoms with Crippen molar-refractivity contribution in [3.05, 3.63) is 58.1 Å². The quantitative estimate of drug-likeness (QED) is 0.369. The summed E-state index contributed by atoms with van der Waals surface area (Å²) in [7, 11) is -2.12. The molecule has 8 nitrogen and oxygen atoms in total. The van der Waals surface area contributed by atoms with E-state index in [1.54, 1.807) is 32.2 Å². The van der Waals surface area contributed by atoms with E-state index in [1.165, 1.54) is 17.0 Å². The maximum absolute atomic E-state index is 13.4. The molecule has 0 aromatic heterocycles. The van der Waals surface area contributed by atoms with Crippen molar-refractivity contribution in [2.75, 3.05) is 24.2 Å². The van der Waals surface area contributed by atoms with Crippen LogP contribution < -0.4 is 14.4 Å². The number of rotatable bonds is 13. The summed E-state index contributed by atoms with van der Waals surface area (Å²) in [5, 5.41) is 3.51. The Morgan fingerprint density at radius 1 is 1.08 bits per heavy atom. The number of methoxy groups -OCH3 is 1. The van der Waals surface area contributed by atoms with Gasteiger partial charge in [0.2, 0.25) is 21.8 Å². The van der Waals surface area contributed by atoms with Gasteiger partial charge in [-0.25, -0.2) is 8.42 Å². The minimum absolute atomic E-state index is 0.0223. The summed E-state index contributed by atoms with van der Waals surface area (Å²) in [6.07, 6.45) is 2.08. The summed E-state index contributed by atoms with van der Waals surface area (Å²) in [4.78, 5) is 27.8. The van der Waals surface area contributed by atoms with Crippen molar-refractivity contribution in [1.29, 1.82) is 0 Å². The summed E-state index contributed by atoms with van der Waals surface area (Å²) in [5.74, 6) is 0.165. The van der Waals surface area contributed by atoms with Gasteiger partial charge in [0.25, 0.3) is 0 Å². The van der Waals surface area contributed by atoms with Crippen molar-refractivity contribution in [3.8, 4) is 5.75 Å². The van der Waals surface area contributed by atoms with Gasteiger partial charge in [0, 0.05) is 30.6 Å². The third-order valence-corrected chi connectivity index (χ3v) is 7.74. The SMILES string of the molecule is CC[C@@H](C)NC(=O)[C@H](C)N(Cc1ccc(OC)cc1)C(=O)CCCN(c1cc(Cl)ccc1Cl)S(C)(=O)=O. The molecule has 0 aliphatic carbocycles. The van der Waals surface area contributed by atoms with Gasteiger partial charge in [-0.05, 0) is 62.6 Å². The Morgan fingerprint density at radius 2 is 1.73 bits per heavy atom. The van der Waals surface area contributed by atoms with Gasteiger partial charge in [-0.15, -0.1) is 0 Å². The summed E-state index contributed by atoms with van der Waals surface area (Å²) in [5.41, 5.74) is 1.08. The van der Waals surface area contributed by atoms with Gasteiger partial charge in [0.1, 0.15) is 11.8 Å². The molecule has 0 spiro atoms. The van der Waals surface area contributed by atoms with Gasteiger partial charge in [-0.1, -0.05) is 42.3 Å². The molecule has 0 aliphatic heterocycles. The molecule has 0 bridgehead atoms. The van der Waals surface area contributed by atoms with Crippen LogP contribution in [0.15, 0.2) is 42.5 Å². The maximum Gasteiger partial charge on any atom is 0.242 e. The minimum Gasteiger partial charge on any atom is -0.497 e. The number of ether oxygens (including phenoxy) is 1. The Hall–Kier alpha value is -2.49. The van der Waals surface area contributed by atoms with Crippen LogP contribution in [-0.2, 0) is 26.2 Å². The van der Waals surface area contributed by atoms with E-state index in [1.807, 2.05) is 26.0 Å². The second-order valence-electron chi connectivity index (χ2n) is 8.90. The molecular formula is C26H35Cl2N3O5S. The van der Waals surface area contributed by atoms with E-state index in [2.05, 4.69) is 5.32 Å². The molecule has 0 saturated heterocycles. The van der Waals surface area contributed by atoms with E-state index < -0.39 is 16.1 Å². The first-order chi connectivity index (χ1) is 17.4. The number of nitrogens with one attached hydrogen (secondary N) is 1. The molecule has 0 unspecified atom stereocenters. The van der Waals surface area contributed by atoms with E-state index in [-0.39, 0.29) is 54.5 Å². The molecule has 2 atom stereocenters. The monoisotopic (exact) mass is 571 g/mol. The third kappa shape index (κ3) is 9.09. The molecule has 0 radical (unpaired) electrons. The smallest absolute Gasteiger partial charge is 0.242 e. The molecular weight excluding hydrogens is 537 g/mol. The van der Waals surface area contributed by atoms with Crippen molar-refractivity contribution in [3.63, 3.8) is 0 Å². The average molecular weight is 573 g/mol. The maximum atomic E-state index is 13.4. The van der Waals surface area contributed by atoms with E-state index in [0.29, 0.717) is 10.8 Å². The summed E-state index contributed by atoms with van der Waals surface area (Å²) in [6, 6.07) is 11.1. The first kappa shape index (κ1) is 30.7. The summed E-state index contributed by atoms with van der Waals surface area (Å²) in [6.45, 7) is 5.80. The van der Waals surface area contributed by atoms with E-state index in [0.717, 1.165) is 22.5 Å². The predicted molar refractivity (Wildman–Crippen MR) is 149 cm³/mol. The number of nitrogens with zero attached hydrogens (tertiary/aromatic N) is 2. The molecule has 2 aromatic rings. The number of anilines is 1. The van der Waals surface area contributed by atoms with Crippen LogP contribution in [0.1, 0.15) is 45.6 Å². The highest BCUT2D eigenvalue weighted by Gasteiger charge is 2.27. The van der Waals surface area contributed by atoms with E-state index in [9.17, 15) is 18.0 Å². The van der Waals surface area contributed by atoms with Gasteiger partial charge in [0.05, 0.1) is 24.1 Å². The fourth-order valence-electron chi connectivity index (χ4n) is 3.64. The Bertz CT molecular complexity index is 1180. The highest BCUT2D eigenvalue weighted by Crippen LogP contribution is 2.31. The fourth-order valence-corrected chi connectivity index (χ4v) is 5.04. The normalized spacial score (nSPS) is 12.9. The standard InChI is InChI=1S/C26H35Cl2N3O5S/c1-6-18(2)29-26(33)19(3)30(17-20-9-12-22(36-4)13-10-20)25(32)8-7-15-31(37(5,34)35)24-16-21(27)11-14-23(24)28/h9-14,16,18-19H,6-8,15,17H2,1-5H3,(H,29,33)/t18-,19+/m1/s1. The molecule has 0 heterocycles. The number of halogens is 2. The Balaban J connectivity index is 2.21. The number of hydrogen-bond donors (Lipinski definition) is 1. The predicted octanol–water partition coefficient (Wildman–Crippen LogP) is 4.88. The van der Waals surface area contributed by atoms with Crippen LogP contribution in [0, 0.1) is 0 Å². The van der Waals surface area contributed by atoms with Crippen LogP contribution in [-0.4, -0.2) is 57.1 Å². The van der Waals surface area contributed by atoms with Gasteiger partial charge in [-0.2, -0.15) is 0 Å². The molecule has 11 heteroatoms. The van der Waals surface area contributed by atoms with Gasteiger partial charge < -0.3 is 15.0 Å². The van der Waals surface area contributed by atoms with E-state index in [4.69, 9.17) is 27.9 Å². The highest BCUT2D eigenvalue weighted by molar-refractivity contribution is 7.92. The van der Waals surface area contributed by atoms with Gasteiger partial charge in [0.15, 0.2) is 0 Å². The van der Waals surface area contributed by atoms with Crippen LogP contribution in [0.25, 0.3) is 0 Å². The topological polar surface area (TPSA) is 96.0 Å². The lowest BCUT2D eigenvalue weighted by molar-refractivity contribution is -0.140. The average Bonchev–Trinajstić information content (AvgIpc) is 2.85. The fraction of sp³-hybridized carbons (Fsp3) is 0.462. The van der Waals surface area contributed by atoms with Crippen LogP contribution in [0.3, 0.4) is 0 Å². The Kier molecular flexibility index (Phi) is 11.5. The molecule has 2 amide bonds. The summed E-state index contributed by atoms with van der Waals surface area (Å²) >= 11 is 12.3. The molecule has 2 aromatic carbocycles. The van der Waals surface area contributed by atoms with Crippen LogP contribution >= 0.6 is 23.2 Å². The van der Waals surface area contributed by atoms with Crippen molar-refractivity contribution in [2.24, 2.45) is 0 Å². The van der Waals surface area contributed by atoms with Crippen LogP contribution in [0.4, 0.5) is 5.69 Å². The first-order valence-corrected chi connectivity index (χ1v) is 14.6. The molecule has 0 saturated carbocycles. The molecule has 2 rings (SSSR count). The molecule has 37 heavy (non-hydrogen) atoms. The summed E-state index contributed by atoms with van der Waals surface area (Å²) < 4.78 is 31.3. The highest BCUT2D eigenvalue weighted by atomic mass is 35.5. The Morgan fingerprint density at radius 3 is 2.30 bits per heavy atom. The van der Waals surface area contributed by atoms with Crippen molar-refractivity contribution < 1.29 is 22.7 Å². The number of amides is 2. The molecule has 0 fully saturated rings. The van der Waals surface area contributed by atoms with Crippen molar-refractivity contribution >= 4 is 50.7 Å². The zero-order chi connectivity index (χ0) is 27.8. The zero-order valence-corrected chi connectivity index (χ0v) is 24.2. The molecule has 204 valence electrons. The Labute approximate surface area is 229 Å². The second kappa shape index (κ2) is 13.9. The number of carbonyl (C=O) groups excluding carboxylic acids is 2. The number of hydrogen-bond acceptors (Lipinski definition) is 5. The third-order valence-electron chi connectivity index (χ3n) is 6.01. The largest absolute Gasteiger partial charge is 0.497 e. The lowest BCUT2D eigenvalue weighted by atomic mass is 10.1. The van der Waals surface area contributed by atoms with Crippen LogP contribution in [0.5, 0.6) is 5.75 Å². The van der Waals surface area contributed by atoms with Gasteiger partial charge in [-0.3, -0.25) is 13.9 Å². The lowest BCUT2D eigenvalue weighted by Crippen LogP contribution is -2.49. The van der Waals surface area contributed by atoms with Crippen LogP contribution in [0.2, 0.25) is 10.0 Å². The van der Waals surface area contributed by atoms with Crippen molar-refractivity contribution in [1.82, 2.24) is 10.2 Å². The molecule has 1 N–H and O–H groups in total. The number of benzene rings is 2. The second-order valence-corrected chi connectivity index (χ2v) is 11.6. The van der Waals surface area contributed by atoms with E-state index >= 15 is 0 Å². The van der Waals surface area contributed by atoms with Gasteiger partial charge >= 0.3 is 0 Å². The number of carbonyl (C=O) groups is 2. The minimum atomic E-state index is -3.69. The first-order valence-electron chi connectivity index (χ1n) is 12.0. The number of sulfonamides is 1. The molecule has 0 aliphatic rings. The zero-order valence-electron chi connectivity index (χ0n) is 21.8.